The van der Waals surface area contributed by atoms with Crippen molar-refractivity contribution < 1.29 is 0 Å². The Labute approximate surface area is 103 Å². The Morgan fingerprint density at radius 3 is 2.78 bits per heavy atom. The molecule has 0 saturated heterocycles. The standard InChI is InChI=1S/C12H14N4O2/c1-6-8(7-2-3-7)4-10(16-15-6)9-5-13-12(18)14-11(9)17/h4-7,15H,2-3H2,1H3,(H2,13,14,17,18). The van der Waals surface area contributed by atoms with Gasteiger partial charge in [0.05, 0.1) is 17.3 Å². The second kappa shape index (κ2) is 3.97. The first-order chi connectivity index (χ1) is 8.65. The molecule has 18 heavy (non-hydrogen) atoms. The van der Waals surface area contributed by atoms with Crippen LogP contribution in [0.5, 0.6) is 0 Å². The molecule has 1 aromatic heterocycles. The van der Waals surface area contributed by atoms with Gasteiger partial charge < -0.3 is 10.4 Å². The Hall–Kier alpha value is -2.11. The van der Waals surface area contributed by atoms with Crippen molar-refractivity contribution in [2.45, 2.75) is 25.8 Å². The van der Waals surface area contributed by atoms with Gasteiger partial charge in [-0.1, -0.05) is 0 Å². The zero-order valence-corrected chi connectivity index (χ0v) is 9.99. The average molecular weight is 246 g/mol. The maximum Gasteiger partial charge on any atom is 0.325 e. The van der Waals surface area contributed by atoms with Crippen molar-refractivity contribution in [2.75, 3.05) is 0 Å². The molecule has 1 unspecified atom stereocenters. The molecule has 3 N–H and O–H groups in total. The van der Waals surface area contributed by atoms with Crippen LogP contribution in [0, 0.1) is 5.92 Å². The smallest absolute Gasteiger partial charge is 0.313 e. The Morgan fingerprint density at radius 2 is 2.11 bits per heavy atom. The van der Waals surface area contributed by atoms with Crippen LogP contribution in [-0.4, -0.2) is 21.7 Å². The summed E-state index contributed by atoms with van der Waals surface area (Å²) in [5, 5.41) is 4.18. The molecule has 0 aromatic carbocycles. The fourth-order valence-corrected chi connectivity index (χ4v) is 2.18. The number of rotatable bonds is 2. The first-order valence-electron chi connectivity index (χ1n) is 6.02. The van der Waals surface area contributed by atoms with E-state index in [-0.39, 0.29) is 6.04 Å². The summed E-state index contributed by atoms with van der Waals surface area (Å²) in [6.07, 6.45) is 5.76. The van der Waals surface area contributed by atoms with Gasteiger partial charge in [0.2, 0.25) is 0 Å². The van der Waals surface area contributed by atoms with E-state index in [2.05, 4.69) is 27.4 Å². The number of aromatic nitrogens is 2. The summed E-state index contributed by atoms with van der Waals surface area (Å²) in [4.78, 5) is 27.3. The number of hydrogen-bond donors (Lipinski definition) is 3. The minimum absolute atomic E-state index is 0.211. The van der Waals surface area contributed by atoms with E-state index in [4.69, 9.17) is 0 Å². The zero-order valence-electron chi connectivity index (χ0n) is 9.99. The van der Waals surface area contributed by atoms with Crippen LogP contribution < -0.4 is 16.7 Å². The van der Waals surface area contributed by atoms with Gasteiger partial charge >= 0.3 is 5.69 Å². The van der Waals surface area contributed by atoms with Gasteiger partial charge in [0.25, 0.3) is 5.56 Å². The molecule has 0 bridgehead atoms. The summed E-state index contributed by atoms with van der Waals surface area (Å²) in [7, 11) is 0. The number of nitrogens with zero attached hydrogens (tertiary/aromatic N) is 1. The van der Waals surface area contributed by atoms with Gasteiger partial charge in [0.15, 0.2) is 0 Å². The van der Waals surface area contributed by atoms with Crippen LogP contribution in [0.1, 0.15) is 25.3 Å². The fraction of sp³-hybridized carbons (Fsp3) is 0.417. The molecule has 1 aliphatic heterocycles. The van der Waals surface area contributed by atoms with Gasteiger partial charge in [-0.15, -0.1) is 0 Å². The Kier molecular flexibility index (Phi) is 2.43. The minimum atomic E-state index is -0.507. The number of allylic oxidation sites excluding steroid dienone is 1. The van der Waals surface area contributed by atoms with E-state index in [1.807, 2.05) is 6.08 Å². The van der Waals surface area contributed by atoms with Gasteiger partial charge in [-0.3, -0.25) is 9.78 Å². The molecule has 3 rings (SSSR count). The maximum atomic E-state index is 11.7. The lowest BCUT2D eigenvalue weighted by Crippen LogP contribution is -2.33. The van der Waals surface area contributed by atoms with Crippen LogP contribution in [0.2, 0.25) is 0 Å². The molecular formula is C12H14N4O2. The summed E-state index contributed by atoms with van der Waals surface area (Å²) in [6, 6.07) is 0.211. The topological polar surface area (TPSA) is 90.1 Å². The SMILES string of the molecule is CC1NN=C(c2c[nH]c(=O)[nH]c2=O)C=C1C1CC1. The normalized spacial score (nSPS) is 23.1. The molecule has 0 amide bonds. The summed E-state index contributed by atoms with van der Waals surface area (Å²) in [5.74, 6) is 0.611. The second-order valence-electron chi connectivity index (χ2n) is 4.75. The van der Waals surface area contributed by atoms with E-state index in [1.54, 1.807) is 0 Å². The molecule has 2 heterocycles. The molecule has 1 aliphatic carbocycles. The van der Waals surface area contributed by atoms with Crippen molar-refractivity contribution in [3.05, 3.63) is 44.2 Å². The van der Waals surface area contributed by atoms with Crippen molar-refractivity contribution in [1.29, 1.82) is 0 Å². The lowest BCUT2D eigenvalue weighted by Gasteiger charge is -2.20. The van der Waals surface area contributed by atoms with Crippen LogP contribution in [0.4, 0.5) is 0 Å². The predicted molar refractivity (Wildman–Crippen MR) is 67.6 cm³/mol. The van der Waals surface area contributed by atoms with Crippen LogP contribution in [-0.2, 0) is 0 Å². The third-order valence-corrected chi connectivity index (χ3v) is 3.33. The van der Waals surface area contributed by atoms with Crippen LogP contribution in [0.15, 0.2) is 32.5 Å². The molecule has 6 heteroatoms. The van der Waals surface area contributed by atoms with Crippen LogP contribution in [0.3, 0.4) is 0 Å². The minimum Gasteiger partial charge on any atom is -0.313 e. The highest BCUT2D eigenvalue weighted by atomic mass is 16.2. The lowest BCUT2D eigenvalue weighted by molar-refractivity contribution is 0.605. The van der Waals surface area contributed by atoms with Gasteiger partial charge in [0.1, 0.15) is 0 Å². The van der Waals surface area contributed by atoms with E-state index in [0.717, 1.165) is 0 Å². The summed E-state index contributed by atoms with van der Waals surface area (Å²) in [5.41, 5.74) is 4.34. The van der Waals surface area contributed by atoms with E-state index in [0.29, 0.717) is 17.2 Å². The molecule has 6 nitrogen and oxygen atoms in total. The van der Waals surface area contributed by atoms with Gasteiger partial charge in [-0.2, -0.15) is 5.10 Å². The van der Waals surface area contributed by atoms with E-state index < -0.39 is 11.2 Å². The predicted octanol–water partition coefficient (Wildman–Crippen LogP) is 0.0954. The average Bonchev–Trinajstić information content (AvgIpc) is 3.14. The highest BCUT2D eigenvalue weighted by molar-refractivity contribution is 6.09. The van der Waals surface area contributed by atoms with Gasteiger partial charge in [-0.05, 0) is 37.3 Å². The summed E-state index contributed by atoms with van der Waals surface area (Å²) in [6.45, 7) is 2.06. The molecule has 1 atom stereocenters. The highest BCUT2D eigenvalue weighted by Gasteiger charge is 2.31. The Bertz CT molecular complexity index is 649. The van der Waals surface area contributed by atoms with Crippen molar-refractivity contribution >= 4 is 5.71 Å². The number of H-pyrrole nitrogens is 2. The van der Waals surface area contributed by atoms with E-state index in [1.165, 1.54) is 24.6 Å². The van der Waals surface area contributed by atoms with Crippen LogP contribution >= 0.6 is 0 Å². The molecule has 0 radical (unpaired) electrons. The van der Waals surface area contributed by atoms with E-state index in [9.17, 15) is 9.59 Å². The monoisotopic (exact) mass is 246 g/mol. The number of nitrogens with one attached hydrogen (secondary N) is 3. The number of aromatic amines is 2. The molecule has 1 saturated carbocycles. The molecular weight excluding hydrogens is 232 g/mol. The van der Waals surface area contributed by atoms with Crippen molar-refractivity contribution in [2.24, 2.45) is 11.0 Å². The molecule has 1 aromatic rings. The molecule has 2 aliphatic rings. The molecule has 94 valence electrons. The Morgan fingerprint density at radius 1 is 1.33 bits per heavy atom. The Balaban J connectivity index is 2.02. The van der Waals surface area contributed by atoms with Crippen molar-refractivity contribution in [3.8, 4) is 0 Å². The second-order valence-corrected chi connectivity index (χ2v) is 4.75. The van der Waals surface area contributed by atoms with Crippen molar-refractivity contribution in [1.82, 2.24) is 15.4 Å². The van der Waals surface area contributed by atoms with Gasteiger partial charge in [-0.25, -0.2) is 4.79 Å². The van der Waals surface area contributed by atoms with Gasteiger partial charge in [0, 0.05) is 6.20 Å². The van der Waals surface area contributed by atoms with E-state index >= 15 is 0 Å². The van der Waals surface area contributed by atoms with Crippen molar-refractivity contribution in [3.63, 3.8) is 0 Å². The lowest BCUT2D eigenvalue weighted by atomic mass is 9.99. The first-order valence-corrected chi connectivity index (χ1v) is 6.02. The number of hydrazone groups is 1. The third kappa shape index (κ3) is 1.90. The summed E-state index contributed by atoms with van der Waals surface area (Å²) < 4.78 is 0. The first kappa shape index (κ1) is 11.0. The summed E-state index contributed by atoms with van der Waals surface area (Å²) >= 11 is 0. The number of hydrogen-bond acceptors (Lipinski definition) is 4. The third-order valence-electron chi connectivity index (χ3n) is 3.33. The largest absolute Gasteiger partial charge is 0.325 e. The maximum absolute atomic E-state index is 11.7. The molecule has 0 spiro atoms. The zero-order chi connectivity index (χ0) is 12.7. The quantitative estimate of drug-likeness (QED) is 0.691. The fourth-order valence-electron chi connectivity index (χ4n) is 2.18. The molecule has 1 fully saturated rings. The highest BCUT2D eigenvalue weighted by Crippen LogP contribution is 2.38. The van der Waals surface area contributed by atoms with Crippen LogP contribution in [0.25, 0.3) is 0 Å².